The Labute approximate surface area is 107 Å². The van der Waals surface area contributed by atoms with Crippen LogP contribution >= 0.6 is 0 Å². The first-order chi connectivity index (χ1) is 8.65. The number of allylic oxidation sites excluding steroid dienone is 2. The Morgan fingerprint density at radius 2 is 2.06 bits per heavy atom. The topological polar surface area (TPSA) is 41.5 Å². The number of carbonyl (C=O) groups excluding carboxylic acids is 1. The van der Waals surface area contributed by atoms with Crippen molar-refractivity contribution in [2.24, 2.45) is 10.9 Å². The first-order valence-electron chi connectivity index (χ1n) is 6.33. The summed E-state index contributed by atoms with van der Waals surface area (Å²) < 4.78 is 0. The molecular formula is C15H16N2O. The SMILES string of the molecule is CC1=C2C(=O)C[C@@H](C)CC2=Nc2ccccc2N1. The van der Waals surface area contributed by atoms with Crippen LogP contribution in [-0.2, 0) is 4.79 Å². The number of para-hydroxylation sites is 2. The smallest absolute Gasteiger partial charge is 0.166 e. The maximum absolute atomic E-state index is 12.2. The molecule has 3 rings (SSSR count). The highest BCUT2D eigenvalue weighted by molar-refractivity contribution is 6.25. The highest BCUT2D eigenvalue weighted by Crippen LogP contribution is 2.34. The molecule has 3 nitrogen and oxygen atoms in total. The van der Waals surface area contributed by atoms with E-state index in [1.54, 1.807) is 0 Å². The Morgan fingerprint density at radius 1 is 1.28 bits per heavy atom. The highest BCUT2D eigenvalue weighted by Gasteiger charge is 2.29. The second kappa shape index (κ2) is 4.09. The number of nitrogens with zero attached hydrogens (tertiary/aromatic N) is 1. The summed E-state index contributed by atoms with van der Waals surface area (Å²) in [6.07, 6.45) is 1.51. The van der Waals surface area contributed by atoms with Crippen LogP contribution in [0, 0.1) is 5.92 Å². The molecule has 0 amide bonds. The minimum atomic E-state index is 0.213. The number of hydrogen-bond acceptors (Lipinski definition) is 3. The number of fused-ring (bicyclic) bond motifs is 2. The van der Waals surface area contributed by atoms with E-state index in [0.717, 1.165) is 34.8 Å². The molecule has 92 valence electrons. The zero-order valence-electron chi connectivity index (χ0n) is 10.7. The van der Waals surface area contributed by atoms with Gasteiger partial charge in [0.25, 0.3) is 0 Å². The van der Waals surface area contributed by atoms with E-state index < -0.39 is 0 Å². The van der Waals surface area contributed by atoms with E-state index in [9.17, 15) is 4.79 Å². The third kappa shape index (κ3) is 1.76. The minimum Gasteiger partial charge on any atom is -0.357 e. The molecule has 0 bridgehead atoms. The van der Waals surface area contributed by atoms with Crippen molar-refractivity contribution < 1.29 is 4.79 Å². The van der Waals surface area contributed by atoms with Crippen molar-refractivity contribution in [3.63, 3.8) is 0 Å². The molecule has 1 fully saturated rings. The van der Waals surface area contributed by atoms with Crippen molar-refractivity contribution in [1.82, 2.24) is 0 Å². The number of nitrogens with one attached hydrogen (secondary N) is 1. The van der Waals surface area contributed by atoms with Crippen LogP contribution in [0.5, 0.6) is 0 Å². The Bertz CT molecular complexity index is 584. The summed E-state index contributed by atoms with van der Waals surface area (Å²) in [7, 11) is 0. The summed E-state index contributed by atoms with van der Waals surface area (Å²) in [5.41, 5.74) is 4.56. The van der Waals surface area contributed by atoms with Gasteiger partial charge in [-0.05, 0) is 31.4 Å². The van der Waals surface area contributed by atoms with E-state index in [0.29, 0.717) is 12.3 Å². The van der Waals surface area contributed by atoms with Crippen molar-refractivity contribution >= 4 is 22.9 Å². The lowest BCUT2D eigenvalue weighted by Crippen LogP contribution is -2.26. The predicted octanol–water partition coefficient (Wildman–Crippen LogP) is 3.46. The Hall–Kier alpha value is -1.90. The van der Waals surface area contributed by atoms with Crippen LogP contribution in [0.4, 0.5) is 11.4 Å². The number of aliphatic imine (C=N–C) groups is 1. The fraction of sp³-hybridized carbons (Fsp3) is 0.333. The van der Waals surface area contributed by atoms with Crippen molar-refractivity contribution in [3.05, 3.63) is 35.5 Å². The van der Waals surface area contributed by atoms with Gasteiger partial charge in [0.1, 0.15) is 0 Å². The molecule has 1 heterocycles. The zero-order chi connectivity index (χ0) is 12.7. The van der Waals surface area contributed by atoms with Gasteiger partial charge >= 0.3 is 0 Å². The number of hydrogen-bond donors (Lipinski definition) is 1. The summed E-state index contributed by atoms with van der Waals surface area (Å²) in [4.78, 5) is 16.9. The molecule has 1 N–H and O–H groups in total. The molecule has 18 heavy (non-hydrogen) atoms. The number of anilines is 1. The predicted molar refractivity (Wildman–Crippen MR) is 73.3 cm³/mol. The van der Waals surface area contributed by atoms with Crippen LogP contribution in [0.3, 0.4) is 0 Å². The number of benzene rings is 1. The number of Topliss-reactive ketones (excluding diaryl/α,β-unsaturated/α-hetero) is 1. The molecule has 1 aromatic carbocycles. The normalized spacial score (nSPS) is 22.7. The van der Waals surface area contributed by atoms with Gasteiger partial charge in [-0.2, -0.15) is 0 Å². The second-order valence-electron chi connectivity index (χ2n) is 5.14. The maximum atomic E-state index is 12.2. The summed E-state index contributed by atoms with van der Waals surface area (Å²) in [5.74, 6) is 0.600. The average Bonchev–Trinajstić information content (AvgIpc) is 2.43. The van der Waals surface area contributed by atoms with E-state index in [1.165, 1.54) is 0 Å². The molecular weight excluding hydrogens is 224 g/mol. The van der Waals surface area contributed by atoms with Crippen LogP contribution < -0.4 is 5.32 Å². The molecule has 1 saturated carbocycles. The van der Waals surface area contributed by atoms with Crippen LogP contribution in [0.2, 0.25) is 0 Å². The minimum absolute atomic E-state index is 0.213. The fourth-order valence-electron chi connectivity index (χ4n) is 2.70. The number of carbonyl (C=O) groups is 1. The second-order valence-corrected chi connectivity index (χ2v) is 5.14. The van der Waals surface area contributed by atoms with Crippen molar-refractivity contribution in [2.75, 3.05) is 5.32 Å². The first kappa shape index (κ1) is 11.2. The molecule has 0 unspecified atom stereocenters. The van der Waals surface area contributed by atoms with Gasteiger partial charge < -0.3 is 5.32 Å². The summed E-state index contributed by atoms with van der Waals surface area (Å²) in [5, 5.41) is 3.31. The Kier molecular flexibility index (Phi) is 2.54. The number of rotatable bonds is 0. The van der Waals surface area contributed by atoms with Gasteiger partial charge in [-0.3, -0.25) is 9.79 Å². The van der Waals surface area contributed by atoms with Crippen LogP contribution in [0.15, 0.2) is 40.5 Å². The lowest BCUT2D eigenvalue weighted by molar-refractivity contribution is -0.116. The van der Waals surface area contributed by atoms with Gasteiger partial charge in [-0.25, -0.2) is 0 Å². The van der Waals surface area contributed by atoms with Gasteiger partial charge in [-0.1, -0.05) is 19.1 Å². The van der Waals surface area contributed by atoms with Crippen molar-refractivity contribution in [1.29, 1.82) is 0 Å². The summed E-state index contributed by atoms with van der Waals surface area (Å²) >= 11 is 0. The van der Waals surface area contributed by atoms with Crippen LogP contribution in [-0.4, -0.2) is 11.5 Å². The lowest BCUT2D eigenvalue weighted by Gasteiger charge is -2.22. The molecule has 2 aliphatic rings. The molecule has 0 radical (unpaired) electrons. The van der Waals surface area contributed by atoms with E-state index in [4.69, 9.17) is 0 Å². The van der Waals surface area contributed by atoms with Gasteiger partial charge in [0.05, 0.1) is 22.7 Å². The van der Waals surface area contributed by atoms with E-state index in [-0.39, 0.29) is 5.78 Å². The van der Waals surface area contributed by atoms with Gasteiger partial charge in [0.2, 0.25) is 0 Å². The summed E-state index contributed by atoms with van der Waals surface area (Å²) in [6, 6.07) is 7.92. The van der Waals surface area contributed by atoms with Gasteiger partial charge in [0.15, 0.2) is 5.78 Å². The molecule has 1 aliphatic carbocycles. The van der Waals surface area contributed by atoms with Crippen molar-refractivity contribution in [3.8, 4) is 0 Å². The third-order valence-corrected chi connectivity index (χ3v) is 3.50. The molecule has 1 aromatic rings. The molecule has 1 aliphatic heterocycles. The molecule has 3 heteroatoms. The molecule has 1 atom stereocenters. The van der Waals surface area contributed by atoms with E-state index in [2.05, 4.69) is 17.2 Å². The summed E-state index contributed by atoms with van der Waals surface area (Å²) in [6.45, 7) is 4.07. The Balaban J connectivity index is 2.17. The third-order valence-electron chi connectivity index (χ3n) is 3.50. The molecule has 0 aromatic heterocycles. The molecule has 0 spiro atoms. The molecule has 0 saturated heterocycles. The zero-order valence-corrected chi connectivity index (χ0v) is 10.7. The quantitative estimate of drug-likeness (QED) is 0.754. The van der Waals surface area contributed by atoms with Crippen LogP contribution in [0.1, 0.15) is 26.7 Å². The van der Waals surface area contributed by atoms with Crippen LogP contribution in [0.25, 0.3) is 0 Å². The van der Waals surface area contributed by atoms with E-state index >= 15 is 0 Å². The monoisotopic (exact) mass is 240 g/mol. The Morgan fingerprint density at radius 3 is 2.89 bits per heavy atom. The highest BCUT2D eigenvalue weighted by atomic mass is 16.1. The first-order valence-corrected chi connectivity index (χ1v) is 6.33. The number of ketones is 1. The van der Waals surface area contributed by atoms with E-state index in [1.807, 2.05) is 31.2 Å². The van der Waals surface area contributed by atoms with Gasteiger partial charge in [-0.15, -0.1) is 0 Å². The average molecular weight is 240 g/mol. The maximum Gasteiger partial charge on any atom is 0.166 e. The van der Waals surface area contributed by atoms with Crippen molar-refractivity contribution in [2.45, 2.75) is 26.7 Å². The fourth-order valence-corrected chi connectivity index (χ4v) is 2.70. The lowest BCUT2D eigenvalue weighted by atomic mass is 9.83. The standard InChI is InChI=1S/C15H16N2O/c1-9-7-13-15(14(18)8-9)10(2)16-11-5-3-4-6-12(11)17-13/h3-6,9,16H,7-8H2,1-2H3/t9-/m0/s1. The largest absolute Gasteiger partial charge is 0.357 e. The van der Waals surface area contributed by atoms with Gasteiger partial charge in [0, 0.05) is 12.1 Å².